The van der Waals surface area contributed by atoms with Gasteiger partial charge in [0.25, 0.3) is 0 Å². The van der Waals surface area contributed by atoms with Crippen LogP contribution in [0.2, 0.25) is 5.02 Å². The first-order chi connectivity index (χ1) is 10.2. The normalized spacial score (nSPS) is 12.9. The fourth-order valence-corrected chi connectivity index (χ4v) is 3.62. The molecule has 3 rings (SSSR count). The van der Waals surface area contributed by atoms with Gasteiger partial charge in [0.15, 0.2) is 0 Å². The molecule has 110 valence electrons. The molecule has 0 amide bonds. The van der Waals surface area contributed by atoms with Crippen molar-refractivity contribution in [3.63, 3.8) is 0 Å². The summed E-state index contributed by atoms with van der Waals surface area (Å²) in [6.45, 7) is 2.98. The minimum atomic E-state index is 0.313. The molecule has 3 nitrogen and oxygen atoms in total. The highest BCUT2D eigenvalue weighted by molar-refractivity contribution is 7.09. The lowest BCUT2D eigenvalue weighted by Crippen LogP contribution is -2.10. The van der Waals surface area contributed by atoms with Gasteiger partial charge in [0.1, 0.15) is 5.82 Å². The Hall–Kier alpha value is -1.10. The lowest BCUT2D eigenvalue weighted by Gasteiger charge is -2.14. The van der Waals surface area contributed by atoms with Crippen molar-refractivity contribution in [2.45, 2.75) is 25.8 Å². The molecule has 1 atom stereocenters. The number of thiazole rings is 1. The Bertz CT molecular complexity index is 737. The average Bonchev–Trinajstić information content (AvgIpc) is 3.09. The van der Waals surface area contributed by atoms with E-state index in [0.29, 0.717) is 11.8 Å². The van der Waals surface area contributed by atoms with E-state index in [0.717, 1.165) is 39.9 Å². The van der Waals surface area contributed by atoms with E-state index < -0.39 is 0 Å². The summed E-state index contributed by atoms with van der Waals surface area (Å²) in [5.74, 6) is 1.84. The molecule has 3 aromatic rings. The predicted octanol–water partition coefficient (Wildman–Crippen LogP) is 4.73. The fraction of sp³-hybridized carbons (Fsp3) is 0.333. The quantitative estimate of drug-likeness (QED) is 0.629. The van der Waals surface area contributed by atoms with Crippen LogP contribution in [0.4, 0.5) is 0 Å². The van der Waals surface area contributed by atoms with Crippen LogP contribution in [-0.4, -0.2) is 20.4 Å². The van der Waals surface area contributed by atoms with Crippen molar-refractivity contribution in [3.8, 4) is 0 Å². The molecular weight excluding hydrogens is 325 g/mol. The van der Waals surface area contributed by atoms with Gasteiger partial charge in [-0.2, -0.15) is 0 Å². The van der Waals surface area contributed by atoms with Gasteiger partial charge < -0.3 is 4.57 Å². The maximum absolute atomic E-state index is 6.38. The first-order valence-corrected chi connectivity index (χ1v) is 8.59. The van der Waals surface area contributed by atoms with Gasteiger partial charge in [-0.15, -0.1) is 22.9 Å². The Morgan fingerprint density at radius 1 is 1.38 bits per heavy atom. The van der Waals surface area contributed by atoms with E-state index >= 15 is 0 Å². The van der Waals surface area contributed by atoms with Crippen LogP contribution in [0.15, 0.2) is 29.8 Å². The van der Waals surface area contributed by atoms with E-state index in [9.17, 15) is 0 Å². The van der Waals surface area contributed by atoms with Gasteiger partial charge >= 0.3 is 0 Å². The van der Waals surface area contributed by atoms with E-state index in [4.69, 9.17) is 23.2 Å². The van der Waals surface area contributed by atoms with E-state index in [1.165, 1.54) is 0 Å². The molecule has 0 spiro atoms. The van der Waals surface area contributed by atoms with Gasteiger partial charge in [-0.1, -0.05) is 24.6 Å². The lowest BCUT2D eigenvalue weighted by atomic mass is 10.2. The second-order valence-electron chi connectivity index (χ2n) is 4.96. The maximum atomic E-state index is 6.38. The predicted molar refractivity (Wildman–Crippen MR) is 89.7 cm³/mol. The number of halogens is 2. The van der Waals surface area contributed by atoms with Crippen molar-refractivity contribution in [3.05, 3.63) is 45.6 Å². The summed E-state index contributed by atoms with van der Waals surface area (Å²) in [5.41, 5.74) is 1.91. The number of fused-ring (bicyclic) bond motifs is 1. The number of aromatic nitrogens is 3. The molecule has 0 fully saturated rings. The highest BCUT2D eigenvalue weighted by Gasteiger charge is 2.17. The van der Waals surface area contributed by atoms with Gasteiger partial charge in [-0.3, -0.25) is 0 Å². The van der Waals surface area contributed by atoms with E-state index in [2.05, 4.69) is 21.5 Å². The van der Waals surface area contributed by atoms with Crippen LogP contribution in [0, 0.1) is 0 Å². The van der Waals surface area contributed by atoms with Gasteiger partial charge in [0, 0.05) is 36.3 Å². The Kier molecular flexibility index (Phi) is 4.48. The molecule has 21 heavy (non-hydrogen) atoms. The van der Waals surface area contributed by atoms with Crippen LogP contribution in [-0.2, 0) is 13.0 Å². The monoisotopic (exact) mass is 339 g/mol. The summed E-state index contributed by atoms with van der Waals surface area (Å²) in [6, 6.07) is 5.82. The molecule has 0 saturated heterocycles. The number of rotatable bonds is 5. The highest BCUT2D eigenvalue weighted by Crippen LogP contribution is 2.28. The van der Waals surface area contributed by atoms with E-state index in [1.54, 1.807) is 11.3 Å². The van der Waals surface area contributed by atoms with Crippen LogP contribution in [0.3, 0.4) is 0 Å². The number of para-hydroxylation sites is 1. The Morgan fingerprint density at radius 3 is 2.95 bits per heavy atom. The number of alkyl halides is 1. The van der Waals surface area contributed by atoms with Crippen LogP contribution in [0.5, 0.6) is 0 Å². The van der Waals surface area contributed by atoms with E-state index in [1.807, 2.05) is 29.8 Å². The van der Waals surface area contributed by atoms with Gasteiger partial charge in [-0.25, -0.2) is 9.97 Å². The topological polar surface area (TPSA) is 30.7 Å². The smallest absolute Gasteiger partial charge is 0.111 e. The molecule has 0 aliphatic carbocycles. The number of benzene rings is 1. The third-order valence-corrected chi connectivity index (χ3v) is 4.95. The summed E-state index contributed by atoms with van der Waals surface area (Å²) in [5, 5.41) is 3.86. The Morgan fingerprint density at radius 2 is 2.24 bits per heavy atom. The summed E-state index contributed by atoms with van der Waals surface area (Å²) < 4.78 is 2.19. The van der Waals surface area contributed by atoms with Crippen molar-refractivity contribution in [1.29, 1.82) is 0 Å². The van der Waals surface area contributed by atoms with Crippen molar-refractivity contribution in [2.75, 3.05) is 5.88 Å². The fourth-order valence-electron chi connectivity index (χ4n) is 2.49. The zero-order valence-corrected chi connectivity index (χ0v) is 13.9. The van der Waals surface area contributed by atoms with E-state index in [-0.39, 0.29) is 0 Å². The lowest BCUT2D eigenvalue weighted by molar-refractivity contribution is 0.586. The minimum absolute atomic E-state index is 0.313. The molecule has 0 N–H and O–H groups in total. The summed E-state index contributed by atoms with van der Waals surface area (Å²) in [6.07, 6.45) is 2.58. The standard InChI is InChI=1S/C15H15Cl2N3S/c1-10(15-18-7-8-21-15)9-20-13(5-6-16)19-12-4-2-3-11(17)14(12)20/h2-4,7-8,10H,5-6,9H2,1H3. The molecular formula is C15H15Cl2N3S. The van der Waals surface area contributed by atoms with Gasteiger partial charge in [-0.05, 0) is 12.1 Å². The Balaban J connectivity index is 2.04. The van der Waals surface area contributed by atoms with Crippen LogP contribution in [0.1, 0.15) is 23.7 Å². The summed E-state index contributed by atoms with van der Waals surface area (Å²) in [4.78, 5) is 9.08. The second kappa shape index (κ2) is 6.34. The van der Waals surface area contributed by atoms with Crippen LogP contribution >= 0.6 is 34.5 Å². The first kappa shape index (κ1) is 14.8. The molecule has 6 heteroatoms. The largest absolute Gasteiger partial charge is 0.326 e. The van der Waals surface area contributed by atoms with Crippen molar-refractivity contribution >= 4 is 45.6 Å². The number of hydrogen-bond donors (Lipinski definition) is 0. The molecule has 1 unspecified atom stereocenters. The zero-order valence-electron chi connectivity index (χ0n) is 11.6. The SMILES string of the molecule is CC(Cn1c(CCCl)nc2cccc(Cl)c21)c1nccs1. The second-order valence-corrected chi connectivity index (χ2v) is 6.67. The molecule has 2 aromatic heterocycles. The van der Waals surface area contributed by atoms with Gasteiger partial charge in [0.05, 0.1) is 21.1 Å². The molecule has 1 aromatic carbocycles. The van der Waals surface area contributed by atoms with Crippen molar-refractivity contribution in [2.24, 2.45) is 0 Å². The third-order valence-electron chi connectivity index (χ3n) is 3.44. The average molecular weight is 340 g/mol. The molecule has 0 radical (unpaired) electrons. The summed E-state index contributed by atoms with van der Waals surface area (Å²) in [7, 11) is 0. The number of nitrogens with zero attached hydrogens (tertiary/aromatic N) is 3. The number of hydrogen-bond acceptors (Lipinski definition) is 3. The van der Waals surface area contributed by atoms with Gasteiger partial charge in [0.2, 0.25) is 0 Å². The minimum Gasteiger partial charge on any atom is -0.326 e. The molecule has 0 aliphatic heterocycles. The van der Waals surface area contributed by atoms with Crippen molar-refractivity contribution < 1.29 is 0 Å². The summed E-state index contributed by atoms with van der Waals surface area (Å²) >= 11 is 14.0. The van der Waals surface area contributed by atoms with Crippen molar-refractivity contribution in [1.82, 2.24) is 14.5 Å². The highest BCUT2D eigenvalue weighted by atomic mass is 35.5. The van der Waals surface area contributed by atoms with Crippen LogP contribution in [0.25, 0.3) is 11.0 Å². The molecule has 2 heterocycles. The van der Waals surface area contributed by atoms with Crippen LogP contribution < -0.4 is 0 Å². The number of aryl methyl sites for hydroxylation is 1. The Labute approximate surface area is 137 Å². The first-order valence-electron chi connectivity index (χ1n) is 6.79. The third kappa shape index (κ3) is 2.93. The number of imidazole rings is 1. The zero-order chi connectivity index (χ0) is 14.8. The maximum Gasteiger partial charge on any atom is 0.111 e. The molecule has 0 aliphatic rings. The molecule has 0 bridgehead atoms. The molecule has 0 saturated carbocycles.